The number of Topliss-reactive ketones (excluding diaryl/α,β-unsaturated/α-hetero) is 1. The Morgan fingerprint density at radius 3 is 2.76 bits per heavy atom. The van der Waals surface area contributed by atoms with Crippen molar-refractivity contribution in [2.45, 2.75) is 44.2 Å². The fourth-order valence-electron chi connectivity index (χ4n) is 1.90. The molecule has 0 spiro atoms. The van der Waals surface area contributed by atoms with Crippen LogP contribution in [-0.4, -0.2) is 22.1 Å². The molecule has 0 N–H and O–H groups in total. The van der Waals surface area contributed by atoms with Crippen molar-refractivity contribution in [2.75, 3.05) is 0 Å². The van der Waals surface area contributed by atoms with Crippen LogP contribution in [0.2, 0.25) is 0 Å². The molecule has 1 atom stereocenters. The Morgan fingerprint density at radius 2 is 2.12 bits per heavy atom. The first kappa shape index (κ1) is 12.1. The molecule has 0 amide bonds. The highest BCUT2D eigenvalue weighted by Crippen LogP contribution is 2.29. The quantitative estimate of drug-likeness (QED) is 0.806. The number of aromatic nitrogens is 2. The Balaban J connectivity index is 2.09. The first-order valence-corrected chi connectivity index (χ1v) is 5.37. The number of hydrogen-bond donors (Lipinski definition) is 0. The van der Waals surface area contributed by atoms with Gasteiger partial charge in [0.1, 0.15) is 12.2 Å². The van der Waals surface area contributed by atoms with E-state index in [1.54, 1.807) is 0 Å². The van der Waals surface area contributed by atoms with Gasteiger partial charge in [0.15, 0.2) is 5.82 Å². The molecule has 4 nitrogen and oxygen atoms in total. The highest BCUT2D eigenvalue weighted by atomic mass is 19.4. The zero-order valence-corrected chi connectivity index (χ0v) is 8.96. The lowest BCUT2D eigenvalue weighted by Crippen LogP contribution is -2.17. The Kier molecular flexibility index (Phi) is 3.17. The third kappa shape index (κ3) is 3.04. The Bertz CT molecular complexity index is 414. The fraction of sp³-hybridized carbons (Fsp3) is 0.700. The number of carbonyl (C=O) groups is 1. The number of halogens is 3. The maximum absolute atomic E-state index is 12.1. The zero-order valence-electron chi connectivity index (χ0n) is 8.96. The monoisotopic (exact) mass is 248 g/mol. The van der Waals surface area contributed by atoms with Crippen molar-refractivity contribution in [3.05, 3.63) is 11.7 Å². The second-order valence-corrected chi connectivity index (χ2v) is 4.11. The molecule has 2 rings (SSSR count). The number of nitrogens with zero attached hydrogens (tertiary/aromatic N) is 2. The van der Waals surface area contributed by atoms with Gasteiger partial charge in [0, 0.05) is 6.42 Å². The normalized spacial score (nSPS) is 21.8. The van der Waals surface area contributed by atoms with Crippen LogP contribution in [0.3, 0.4) is 0 Å². The third-order valence-corrected chi connectivity index (χ3v) is 2.70. The zero-order chi connectivity index (χ0) is 12.5. The van der Waals surface area contributed by atoms with Gasteiger partial charge < -0.3 is 4.52 Å². The van der Waals surface area contributed by atoms with Crippen LogP contribution in [0.15, 0.2) is 4.52 Å². The predicted molar refractivity (Wildman–Crippen MR) is 50.3 cm³/mol. The van der Waals surface area contributed by atoms with Gasteiger partial charge in [0.25, 0.3) is 0 Å². The summed E-state index contributed by atoms with van der Waals surface area (Å²) in [5.74, 6) is -0.934. The molecule has 1 saturated carbocycles. The fourth-order valence-corrected chi connectivity index (χ4v) is 1.90. The minimum atomic E-state index is -4.36. The van der Waals surface area contributed by atoms with E-state index < -0.39 is 24.3 Å². The summed E-state index contributed by atoms with van der Waals surface area (Å²) in [5.41, 5.74) is 0. The van der Waals surface area contributed by atoms with Gasteiger partial charge in [0.2, 0.25) is 5.89 Å². The van der Waals surface area contributed by atoms with E-state index in [1.807, 2.05) is 0 Å². The van der Waals surface area contributed by atoms with Crippen molar-refractivity contribution < 1.29 is 22.5 Å². The van der Waals surface area contributed by atoms with Crippen LogP contribution in [0.4, 0.5) is 13.2 Å². The highest BCUT2D eigenvalue weighted by molar-refractivity contribution is 5.85. The van der Waals surface area contributed by atoms with Gasteiger partial charge in [-0.3, -0.25) is 4.79 Å². The van der Waals surface area contributed by atoms with Crippen LogP contribution in [0.5, 0.6) is 0 Å². The standard InChI is InChI=1S/C10H11F3N2O2/c11-10(12,13)5-8-14-9(17-15-8)6-3-1-2-4-7(6)16/h6H,1-5H2. The summed E-state index contributed by atoms with van der Waals surface area (Å²) in [6.07, 6.45) is -2.91. The van der Waals surface area contributed by atoms with E-state index >= 15 is 0 Å². The minimum absolute atomic E-state index is 0.0222. The first-order chi connectivity index (χ1) is 7.96. The summed E-state index contributed by atoms with van der Waals surface area (Å²) < 4.78 is 41.0. The Morgan fingerprint density at radius 1 is 1.35 bits per heavy atom. The number of rotatable bonds is 2. The minimum Gasteiger partial charge on any atom is -0.339 e. The molecule has 1 heterocycles. The van der Waals surface area contributed by atoms with E-state index in [1.165, 1.54) is 0 Å². The second kappa shape index (κ2) is 4.46. The molecule has 0 radical (unpaired) electrons. The van der Waals surface area contributed by atoms with Gasteiger partial charge >= 0.3 is 6.18 Å². The predicted octanol–water partition coefficient (Wildman–Crippen LogP) is 2.40. The molecule has 0 bridgehead atoms. The summed E-state index contributed by atoms with van der Waals surface area (Å²) in [6.45, 7) is 0. The van der Waals surface area contributed by atoms with Crippen LogP contribution in [0.1, 0.15) is 43.3 Å². The maximum Gasteiger partial charge on any atom is 0.396 e. The molecule has 1 aliphatic rings. The summed E-state index contributed by atoms with van der Waals surface area (Å²) in [5, 5.41) is 3.25. The Hall–Kier alpha value is -1.40. The average molecular weight is 248 g/mol. The number of alkyl halides is 3. The topological polar surface area (TPSA) is 56.0 Å². The van der Waals surface area contributed by atoms with Crippen LogP contribution >= 0.6 is 0 Å². The Labute approximate surface area is 95.2 Å². The van der Waals surface area contributed by atoms with Crippen LogP contribution in [-0.2, 0) is 11.2 Å². The van der Waals surface area contributed by atoms with Crippen molar-refractivity contribution >= 4 is 5.78 Å². The van der Waals surface area contributed by atoms with Gasteiger partial charge in [-0.2, -0.15) is 18.2 Å². The van der Waals surface area contributed by atoms with Crippen molar-refractivity contribution in [1.29, 1.82) is 0 Å². The van der Waals surface area contributed by atoms with Gasteiger partial charge in [0.05, 0.1) is 5.92 Å². The number of carbonyl (C=O) groups excluding carboxylic acids is 1. The molecule has 1 aliphatic carbocycles. The summed E-state index contributed by atoms with van der Waals surface area (Å²) >= 11 is 0. The largest absolute Gasteiger partial charge is 0.396 e. The second-order valence-electron chi connectivity index (χ2n) is 4.11. The van der Waals surface area contributed by atoms with Gasteiger partial charge in [-0.1, -0.05) is 11.6 Å². The molecule has 7 heteroatoms. The van der Waals surface area contributed by atoms with E-state index in [0.29, 0.717) is 12.8 Å². The first-order valence-electron chi connectivity index (χ1n) is 5.37. The van der Waals surface area contributed by atoms with E-state index in [2.05, 4.69) is 10.1 Å². The average Bonchev–Trinajstić information content (AvgIpc) is 2.64. The molecular weight excluding hydrogens is 237 g/mol. The number of ketones is 1. The lowest BCUT2D eigenvalue weighted by Gasteiger charge is -2.16. The lowest BCUT2D eigenvalue weighted by molar-refractivity contribution is -0.128. The smallest absolute Gasteiger partial charge is 0.339 e. The number of hydrogen-bond acceptors (Lipinski definition) is 4. The maximum atomic E-state index is 12.1. The summed E-state index contributed by atoms with van der Waals surface area (Å²) in [4.78, 5) is 15.2. The molecule has 1 unspecified atom stereocenters. The van der Waals surface area contributed by atoms with Crippen molar-refractivity contribution in [2.24, 2.45) is 0 Å². The molecule has 1 aromatic heterocycles. The lowest BCUT2D eigenvalue weighted by atomic mass is 9.88. The third-order valence-electron chi connectivity index (χ3n) is 2.70. The highest BCUT2D eigenvalue weighted by Gasteiger charge is 2.33. The summed E-state index contributed by atoms with van der Waals surface area (Å²) in [7, 11) is 0. The van der Waals surface area contributed by atoms with Crippen LogP contribution in [0.25, 0.3) is 0 Å². The molecule has 0 aliphatic heterocycles. The SMILES string of the molecule is O=C1CCCCC1c1nc(CC(F)(F)F)no1. The van der Waals surface area contributed by atoms with E-state index in [9.17, 15) is 18.0 Å². The molecule has 1 fully saturated rings. The van der Waals surface area contributed by atoms with Crippen molar-refractivity contribution in [1.82, 2.24) is 10.1 Å². The molecule has 0 saturated heterocycles. The molecule has 94 valence electrons. The van der Waals surface area contributed by atoms with E-state index in [4.69, 9.17) is 4.52 Å². The molecule has 1 aromatic rings. The summed E-state index contributed by atoms with van der Waals surface area (Å²) in [6, 6.07) is 0. The van der Waals surface area contributed by atoms with E-state index in [0.717, 1.165) is 12.8 Å². The molecule has 17 heavy (non-hydrogen) atoms. The van der Waals surface area contributed by atoms with Crippen LogP contribution in [0, 0.1) is 0 Å². The van der Waals surface area contributed by atoms with Crippen LogP contribution < -0.4 is 0 Å². The molecule has 0 aromatic carbocycles. The molecular formula is C10H11F3N2O2. The van der Waals surface area contributed by atoms with Crippen molar-refractivity contribution in [3.63, 3.8) is 0 Å². The van der Waals surface area contributed by atoms with Gasteiger partial charge in [-0.05, 0) is 12.8 Å². The van der Waals surface area contributed by atoms with E-state index in [-0.39, 0.29) is 11.7 Å². The van der Waals surface area contributed by atoms with Gasteiger partial charge in [-0.25, -0.2) is 0 Å². The van der Waals surface area contributed by atoms with Crippen molar-refractivity contribution in [3.8, 4) is 0 Å². The van der Waals surface area contributed by atoms with Gasteiger partial charge in [-0.15, -0.1) is 0 Å².